The second-order valence-electron chi connectivity index (χ2n) is 8.24. The molecule has 3 aromatic rings. The quantitative estimate of drug-likeness (QED) is 0.264. The topological polar surface area (TPSA) is 72.0 Å². The Morgan fingerprint density at radius 2 is 1.78 bits per heavy atom. The van der Waals surface area contributed by atoms with E-state index in [9.17, 15) is 26.0 Å². The number of fused-ring (bicyclic) bond motifs is 1. The number of imidazole rings is 1. The van der Waals surface area contributed by atoms with Crippen LogP contribution in [0.5, 0.6) is 5.75 Å². The van der Waals surface area contributed by atoms with Gasteiger partial charge in [0, 0.05) is 29.2 Å². The number of alkyl halides is 5. The summed E-state index contributed by atoms with van der Waals surface area (Å²) < 4.78 is 79.6. The molecular formula is C24H20Cl2F4N2O3S. The molecule has 4 rings (SSSR count). The molecule has 12 heteroatoms. The van der Waals surface area contributed by atoms with Crippen LogP contribution in [0.4, 0.5) is 17.6 Å². The number of nitrogens with one attached hydrogen (secondary N) is 1. The largest absolute Gasteiger partial charge is 0.573 e. The Balaban J connectivity index is 1.68. The minimum atomic E-state index is -4.89. The number of aromatic nitrogens is 2. The Labute approximate surface area is 215 Å². The van der Waals surface area contributed by atoms with Gasteiger partial charge in [-0.1, -0.05) is 48.9 Å². The van der Waals surface area contributed by atoms with Crippen molar-refractivity contribution in [3.05, 3.63) is 76.9 Å². The zero-order valence-corrected chi connectivity index (χ0v) is 21.1. The molecule has 36 heavy (non-hydrogen) atoms. The molecule has 1 N–H and O–H groups in total. The maximum Gasteiger partial charge on any atom is 0.573 e. The van der Waals surface area contributed by atoms with Crippen molar-refractivity contribution in [1.29, 1.82) is 0 Å². The zero-order valence-electron chi connectivity index (χ0n) is 18.7. The summed E-state index contributed by atoms with van der Waals surface area (Å²) >= 11 is 13.3. The highest BCUT2D eigenvalue weighted by Crippen LogP contribution is 2.48. The van der Waals surface area contributed by atoms with Crippen molar-refractivity contribution in [3.8, 4) is 5.75 Å². The van der Waals surface area contributed by atoms with E-state index in [1.165, 1.54) is 30.3 Å². The lowest BCUT2D eigenvalue weighted by atomic mass is 9.86. The summed E-state index contributed by atoms with van der Waals surface area (Å²) in [6, 6.07) is 11.6. The molecule has 0 fully saturated rings. The lowest BCUT2D eigenvalue weighted by molar-refractivity contribution is -0.274. The van der Waals surface area contributed by atoms with Crippen LogP contribution in [0.25, 0.3) is 10.6 Å². The molecule has 1 heterocycles. The van der Waals surface area contributed by atoms with Gasteiger partial charge in [-0.2, -0.15) is 0 Å². The average Bonchev–Trinajstić information content (AvgIpc) is 3.22. The van der Waals surface area contributed by atoms with Gasteiger partial charge in [0.1, 0.15) is 23.9 Å². The fraction of sp³-hybridized carbons (Fsp3) is 0.292. The van der Waals surface area contributed by atoms with Crippen LogP contribution in [-0.2, 0) is 16.3 Å². The summed E-state index contributed by atoms with van der Waals surface area (Å²) in [6.07, 6.45) is -4.60. The molecule has 1 aliphatic carbocycles. The van der Waals surface area contributed by atoms with Crippen LogP contribution in [0.3, 0.4) is 0 Å². The Hall–Kier alpha value is -2.56. The van der Waals surface area contributed by atoms with E-state index in [4.69, 9.17) is 23.2 Å². The van der Waals surface area contributed by atoms with Crippen LogP contribution < -0.4 is 4.74 Å². The molecule has 192 valence electrons. The minimum Gasteiger partial charge on any atom is -0.405 e. The summed E-state index contributed by atoms with van der Waals surface area (Å²) in [5.74, 6) is -0.862. The second-order valence-corrected chi connectivity index (χ2v) is 11.2. The number of ether oxygens (including phenoxy) is 1. The monoisotopic (exact) mass is 562 g/mol. The molecule has 2 aromatic carbocycles. The van der Waals surface area contributed by atoms with Crippen molar-refractivity contribution in [1.82, 2.24) is 9.97 Å². The highest BCUT2D eigenvalue weighted by molar-refractivity contribution is 7.91. The lowest BCUT2D eigenvalue weighted by Crippen LogP contribution is -2.21. The van der Waals surface area contributed by atoms with Gasteiger partial charge in [0.15, 0.2) is 9.84 Å². The molecule has 0 aliphatic heterocycles. The lowest BCUT2D eigenvalue weighted by Gasteiger charge is -2.28. The molecule has 0 radical (unpaired) electrons. The molecule has 0 saturated heterocycles. The maximum absolute atomic E-state index is 13.0. The van der Waals surface area contributed by atoms with Crippen molar-refractivity contribution in [3.63, 3.8) is 0 Å². The highest BCUT2D eigenvalue weighted by atomic mass is 35.5. The van der Waals surface area contributed by atoms with Gasteiger partial charge in [0.25, 0.3) is 0 Å². The molecule has 0 spiro atoms. The first-order chi connectivity index (χ1) is 16.9. The van der Waals surface area contributed by atoms with Crippen LogP contribution >= 0.6 is 23.2 Å². The Bertz CT molecular complexity index is 1400. The average molecular weight is 563 g/mol. The van der Waals surface area contributed by atoms with Gasteiger partial charge in [-0.05, 0) is 23.8 Å². The number of aromatic amines is 1. The minimum absolute atomic E-state index is 0.0246. The molecule has 0 amide bonds. The van der Waals surface area contributed by atoms with Crippen molar-refractivity contribution in [2.75, 3.05) is 12.4 Å². The van der Waals surface area contributed by atoms with E-state index in [1.54, 1.807) is 25.1 Å². The number of sulfone groups is 1. The fourth-order valence-corrected chi connectivity index (χ4v) is 5.82. The molecule has 1 aliphatic rings. The maximum atomic E-state index is 13.0. The smallest absolute Gasteiger partial charge is 0.405 e. The molecular weight excluding hydrogens is 543 g/mol. The molecule has 5 nitrogen and oxygen atoms in total. The van der Waals surface area contributed by atoms with E-state index in [0.29, 0.717) is 23.6 Å². The molecule has 0 saturated carbocycles. The van der Waals surface area contributed by atoms with E-state index in [2.05, 4.69) is 14.7 Å². The fourth-order valence-electron chi connectivity index (χ4n) is 4.06. The van der Waals surface area contributed by atoms with Crippen molar-refractivity contribution in [2.24, 2.45) is 0 Å². The summed E-state index contributed by atoms with van der Waals surface area (Å²) in [5, 5.41) is -0.659. The highest BCUT2D eigenvalue weighted by Gasteiger charge is 2.38. The first kappa shape index (κ1) is 26.5. The Morgan fingerprint density at radius 1 is 1.11 bits per heavy atom. The second kappa shape index (κ2) is 10.1. The summed E-state index contributed by atoms with van der Waals surface area (Å²) in [5.41, 5.74) is 2.13. The van der Waals surface area contributed by atoms with Crippen molar-refractivity contribution < 1.29 is 30.7 Å². The predicted octanol–water partition coefficient (Wildman–Crippen LogP) is 6.47. The van der Waals surface area contributed by atoms with Gasteiger partial charge in [-0.15, -0.1) is 24.8 Å². The molecule has 0 bridgehead atoms. The van der Waals surface area contributed by atoms with Crippen LogP contribution in [0.2, 0.25) is 0 Å². The number of hydrogen-bond acceptors (Lipinski definition) is 4. The van der Waals surface area contributed by atoms with Gasteiger partial charge in [-0.25, -0.2) is 17.8 Å². The summed E-state index contributed by atoms with van der Waals surface area (Å²) in [7, 11) is -3.69. The van der Waals surface area contributed by atoms with Gasteiger partial charge >= 0.3 is 6.36 Å². The number of halogens is 6. The van der Waals surface area contributed by atoms with Crippen LogP contribution in [-0.4, -0.2) is 42.6 Å². The Morgan fingerprint density at radius 3 is 2.42 bits per heavy atom. The predicted molar refractivity (Wildman–Crippen MR) is 130 cm³/mol. The van der Waals surface area contributed by atoms with Crippen molar-refractivity contribution in [2.45, 2.75) is 35.9 Å². The normalized spacial score (nSPS) is 18.3. The molecule has 1 aromatic heterocycles. The van der Waals surface area contributed by atoms with Gasteiger partial charge in [0.05, 0.1) is 21.1 Å². The summed E-state index contributed by atoms with van der Waals surface area (Å²) in [4.78, 5) is 7.77. The molecule has 2 atom stereocenters. The van der Waals surface area contributed by atoms with E-state index in [1.807, 2.05) is 0 Å². The number of benzene rings is 2. The van der Waals surface area contributed by atoms with Gasteiger partial charge < -0.3 is 9.72 Å². The van der Waals surface area contributed by atoms with Crippen LogP contribution in [0, 0.1) is 0 Å². The van der Waals surface area contributed by atoms with Gasteiger partial charge in [-0.3, -0.25) is 0 Å². The van der Waals surface area contributed by atoms with E-state index < -0.39 is 39.8 Å². The number of rotatable bonds is 7. The first-order valence-corrected chi connectivity index (χ1v) is 13.2. The third-order valence-corrected chi connectivity index (χ3v) is 8.46. The van der Waals surface area contributed by atoms with E-state index in [0.717, 1.165) is 5.56 Å². The van der Waals surface area contributed by atoms with Crippen LogP contribution in [0.15, 0.2) is 53.4 Å². The zero-order chi connectivity index (χ0) is 26.3. The van der Waals surface area contributed by atoms with E-state index >= 15 is 0 Å². The summed E-state index contributed by atoms with van der Waals surface area (Å²) in [6.45, 7) is 0.838. The van der Waals surface area contributed by atoms with E-state index in [-0.39, 0.29) is 27.0 Å². The number of nitrogens with zero attached hydrogens (tertiary/aromatic N) is 1. The third-order valence-electron chi connectivity index (χ3n) is 5.80. The molecule has 2 unspecified atom stereocenters. The standard InChI is InChI=1S/C24H20Cl2F4N2O3S/c1-13-20(25)19(16-4-2-3-5-17(16)35-24(28,29)30)21(26)23-22(13)31-18(32-23)12-14-6-8-15(9-7-14)36(33,34)11-10-27/h2-9,13,20H,10-12H2,1H3,(H,31,32). The first-order valence-electron chi connectivity index (χ1n) is 10.8. The number of H-pyrrole nitrogens is 1. The third kappa shape index (κ3) is 5.40. The number of allylic oxidation sites excluding steroid dienone is 1. The van der Waals surface area contributed by atoms with Gasteiger partial charge in [0.2, 0.25) is 0 Å². The SMILES string of the molecule is CC1c2[nH]c(Cc3ccc(S(=O)(=O)CCF)cc3)nc2C(Cl)=C(c2ccccc2OC(F)(F)F)C1Cl. The van der Waals surface area contributed by atoms with Crippen LogP contribution in [0.1, 0.15) is 41.2 Å². The number of hydrogen-bond donors (Lipinski definition) is 1. The van der Waals surface area contributed by atoms with Crippen molar-refractivity contribution >= 4 is 43.6 Å². The number of para-hydroxylation sites is 1. The Kier molecular flexibility index (Phi) is 7.41.